The fourth-order valence-electron chi connectivity index (χ4n) is 4.99. The average molecular weight is 536 g/mol. The van der Waals surface area contributed by atoms with Crippen LogP contribution in [0.2, 0.25) is 0 Å². The first-order chi connectivity index (χ1) is 19.6. The van der Waals surface area contributed by atoms with Crippen molar-refractivity contribution >= 4 is 10.8 Å². The van der Waals surface area contributed by atoms with Crippen molar-refractivity contribution in [3.8, 4) is 5.69 Å². The topological polar surface area (TPSA) is 95.1 Å². The van der Waals surface area contributed by atoms with E-state index in [1.54, 1.807) is 13.3 Å². The third-order valence-corrected chi connectivity index (χ3v) is 7.16. The second-order valence-corrected chi connectivity index (χ2v) is 9.82. The van der Waals surface area contributed by atoms with E-state index in [4.69, 9.17) is 4.74 Å². The van der Waals surface area contributed by atoms with Gasteiger partial charge in [-0.2, -0.15) is 9.78 Å². The van der Waals surface area contributed by atoms with Crippen molar-refractivity contribution in [2.24, 2.45) is 5.92 Å². The lowest BCUT2D eigenvalue weighted by Crippen LogP contribution is -2.21. The number of benzene rings is 3. The van der Waals surface area contributed by atoms with Crippen molar-refractivity contribution in [1.82, 2.24) is 24.8 Å². The zero-order valence-electron chi connectivity index (χ0n) is 22.7. The fourth-order valence-corrected chi connectivity index (χ4v) is 4.99. The van der Waals surface area contributed by atoms with Gasteiger partial charge in [-0.05, 0) is 35.7 Å². The number of aliphatic hydroxyl groups excluding tert-OH is 1. The Morgan fingerprint density at radius 1 is 0.975 bits per heavy atom. The molecule has 3 atom stereocenters. The minimum absolute atomic E-state index is 0.0188. The number of rotatable bonds is 11. The first-order valence-corrected chi connectivity index (χ1v) is 13.4. The Bertz CT molecular complexity index is 1630. The van der Waals surface area contributed by atoms with E-state index in [9.17, 15) is 9.90 Å². The van der Waals surface area contributed by atoms with Crippen molar-refractivity contribution in [2.45, 2.75) is 31.9 Å². The number of aryl methyl sites for hydroxylation is 1. The molecule has 5 rings (SSSR count). The molecule has 0 aliphatic heterocycles. The van der Waals surface area contributed by atoms with Gasteiger partial charge < -0.3 is 9.84 Å². The summed E-state index contributed by atoms with van der Waals surface area (Å²) >= 11 is 0. The Morgan fingerprint density at radius 3 is 2.48 bits per heavy atom. The summed E-state index contributed by atoms with van der Waals surface area (Å²) in [6.07, 6.45) is 8.54. The molecule has 0 bridgehead atoms. The number of ether oxygens (including phenoxy) is 1. The third kappa shape index (κ3) is 5.93. The number of aromatic nitrogens is 5. The van der Waals surface area contributed by atoms with Gasteiger partial charge in [-0.1, -0.05) is 85.0 Å². The summed E-state index contributed by atoms with van der Waals surface area (Å²) in [6, 6.07) is 25.1. The monoisotopic (exact) mass is 535 g/mol. The van der Waals surface area contributed by atoms with Crippen LogP contribution in [0.4, 0.5) is 0 Å². The molecule has 2 heterocycles. The van der Waals surface area contributed by atoms with Crippen LogP contribution < -0.4 is 5.56 Å². The summed E-state index contributed by atoms with van der Waals surface area (Å²) in [5.41, 5.74) is 3.37. The van der Waals surface area contributed by atoms with E-state index < -0.39 is 0 Å². The molecule has 0 aliphatic rings. The van der Waals surface area contributed by atoms with E-state index in [0.29, 0.717) is 17.6 Å². The van der Waals surface area contributed by atoms with Gasteiger partial charge in [0.25, 0.3) is 5.56 Å². The quantitative estimate of drug-likeness (QED) is 0.237. The van der Waals surface area contributed by atoms with Crippen molar-refractivity contribution in [3.05, 3.63) is 131 Å². The number of hydrogen-bond donors (Lipinski definition) is 1. The van der Waals surface area contributed by atoms with Gasteiger partial charge in [0, 0.05) is 31.2 Å². The smallest absolute Gasteiger partial charge is 0.279 e. The lowest BCUT2D eigenvalue weighted by Gasteiger charge is -2.21. The highest BCUT2D eigenvalue weighted by molar-refractivity contribution is 5.80. The first-order valence-electron chi connectivity index (χ1n) is 13.4. The van der Waals surface area contributed by atoms with Gasteiger partial charge in [0.05, 0.1) is 41.6 Å². The van der Waals surface area contributed by atoms with Crippen LogP contribution in [0.5, 0.6) is 0 Å². The molecule has 3 aromatic carbocycles. The molecule has 0 aliphatic carbocycles. The highest BCUT2D eigenvalue weighted by Crippen LogP contribution is 2.27. The minimum atomic E-state index is -0.185. The van der Waals surface area contributed by atoms with Crippen LogP contribution >= 0.6 is 0 Å². The fraction of sp³-hybridized carbons (Fsp3) is 0.250. The molecular formula is C32H33N5O3. The predicted molar refractivity (Wildman–Crippen MR) is 155 cm³/mol. The highest BCUT2D eigenvalue weighted by Gasteiger charge is 2.18. The summed E-state index contributed by atoms with van der Waals surface area (Å²) < 4.78 is 9.07. The predicted octanol–water partition coefficient (Wildman–Crippen LogP) is 5.07. The number of fused-ring (bicyclic) bond motifs is 1. The number of methoxy groups -OCH3 is 1. The molecule has 8 nitrogen and oxygen atoms in total. The zero-order chi connectivity index (χ0) is 27.9. The summed E-state index contributed by atoms with van der Waals surface area (Å²) in [7, 11) is 1.71. The minimum Gasteiger partial charge on any atom is -0.395 e. The van der Waals surface area contributed by atoms with Crippen LogP contribution in [0.15, 0.2) is 108 Å². The van der Waals surface area contributed by atoms with Crippen molar-refractivity contribution in [2.75, 3.05) is 13.7 Å². The molecule has 0 saturated carbocycles. The molecule has 0 amide bonds. The molecule has 0 fully saturated rings. The molecule has 40 heavy (non-hydrogen) atoms. The van der Waals surface area contributed by atoms with Gasteiger partial charge >= 0.3 is 0 Å². The van der Waals surface area contributed by atoms with Crippen LogP contribution in [0.1, 0.15) is 42.2 Å². The molecule has 2 aromatic heterocycles. The van der Waals surface area contributed by atoms with Crippen LogP contribution in [-0.2, 0) is 11.3 Å². The summed E-state index contributed by atoms with van der Waals surface area (Å²) in [5, 5.41) is 24.2. The van der Waals surface area contributed by atoms with Crippen molar-refractivity contribution in [3.63, 3.8) is 0 Å². The summed E-state index contributed by atoms with van der Waals surface area (Å²) in [5.74, 6) is -0.0597. The van der Waals surface area contributed by atoms with E-state index >= 15 is 0 Å². The third-order valence-electron chi connectivity index (χ3n) is 7.16. The van der Waals surface area contributed by atoms with Crippen LogP contribution in [0, 0.1) is 5.92 Å². The number of hydrogen-bond acceptors (Lipinski definition) is 6. The van der Waals surface area contributed by atoms with Gasteiger partial charge in [-0.25, -0.2) is 0 Å². The van der Waals surface area contributed by atoms with Crippen LogP contribution in [-0.4, -0.2) is 43.6 Å². The van der Waals surface area contributed by atoms with Crippen molar-refractivity contribution in [1.29, 1.82) is 0 Å². The van der Waals surface area contributed by atoms with E-state index in [2.05, 4.69) is 34.5 Å². The van der Waals surface area contributed by atoms with E-state index in [-0.39, 0.29) is 30.1 Å². The van der Waals surface area contributed by atoms with Crippen molar-refractivity contribution < 1.29 is 9.84 Å². The average Bonchev–Trinajstić information content (AvgIpc) is 3.46. The standard InChI is InChI=1S/C32H33N5O3/c1-23(10-8-9-19-36-21-30(34-35-36)29(22-38)24-11-4-3-5-12-24)31(40-2)25-15-17-27(18-16-25)37-32(39)28-14-7-6-13-26(28)20-33-37/h3-8,10-18,20-21,23,29,31,38H,9,19,22H2,1-2H3/b10-8+/t23-,29?,31+/m0/s1. The van der Waals surface area contributed by atoms with Crippen LogP contribution in [0.25, 0.3) is 16.5 Å². The SMILES string of the molecule is CO[C@@H](c1ccc(-n2ncc3ccccc3c2=O)cc1)[C@@H](C)/C=C/CCn1cc(C(CO)c2ccccc2)nn1. The Morgan fingerprint density at radius 2 is 1.73 bits per heavy atom. The van der Waals surface area contributed by atoms with Gasteiger partial charge in [0.15, 0.2) is 0 Å². The Kier molecular flexibility index (Phi) is 8.59. The summed E-state index contributed by atoms with van der Waals surface area (Å²) in [4.78, 5) is 12.9. The molecular weight excluding hydrogens is 502 g/mol. The second kappa shape index (κ2) is 12.6. The number of allylic oxidation sites excluding steroid dienone is 1. The molecule has 0 radical (unpaired) electrons. The Hall–Kier alpha value is -4.40. The lowest BCUT2D eigenvalue weighted by molar-refractivity contribution is 0.0740. The van der Waals surface area contributed by atoms with E-state index in [0.717, 1.165) is 28.6 Å². The molecule has 0 spiro atoms. The maximum Gasteiger partial charge on any atom is 0.279 e. The largest absolute Gasteiger partial charge is 0.395 e. The molecule has 5 aromatic rings. The van der Waals surface area contributed by atoms with E-state index in [1.807, 2.05) is 89.7 Å². The van der Waals surface area contributed by atoms with E-state index in [1.165, 1.54) is 4.68 Å². The molecule has 1 unspecified atom stereocenters. The maximum atomic E-state index is 12.9. The highest BCUT2D eigenvalue weighted by atomic mass is 16.5. The van der Waals surface area contributed by atoms with Gasteiger partial charge in [0.2, 0.25) is 0 Å². The van der Waals surface area contributed by atoms with Gasteiger partial charge in [0.1, 0.15) is 0 Å². The molecule has 204 valence electrons. The lowest BCUT2D eigenvalue weighted by atomic mass is 9.96. The normalized spacial score (nSPS) is 14.0. The Labute approximate surface area is 233 Å². The molecule has 8 heteroatoms. The first kappa shape index (κ1) is 27.2. The van der Waals surface area contributed by atoms with Crippen LogP contribution in [0.3, 0.4) is 0 Å². The van der Waals surface area contributed by atoms with Gasteiger partial charge in [-0.15, -0.1) is 5.10 Å². The summed E-state index contributed by atoms with van der Waals surface area (Å²) in [6.45, 7) is 2.78. The number of nitrogens with zero attached hydrogens (tertiary/aromatic N) is 5. The molecule has 0 saturated heterocycles. The maximum absolute atomic E-state index is 12.9. The zero-order valence-corrected chi connectivity index (χ0v) is 22.7. The van der Waals surface area contributed by atoms with Gasteiger partial charge in [-0.3, -0.25) is 9.48 Å². The number of aliphatic hydroxyl groups is 1. The second-order valence-electron chi connectivity index (χ2n) is 9.82. The molecule has 1 N–H and O–H groups in total. The Balaban J connectivity index is 1.20.